The van der Waals surface area contributed by atoms with Gasteiger partial charge in [-0.3, -0.25) is 14.3 Å². The van der Waals surface area contributed by atoms with Crippen molar-refractivity contribution < 1.29 is 14.3 Å². The number of hydrogen-bond donors (Lipinski definition) is 2. The van der Waals surface area contributed by atoms with E-state index in [0.29, 0.717) is 18.8 Å². The first-order chi connectivity index (χ1) is 20.4. The molecule has 0 atom stereocenters. The standard InChI is InChI=1S/C32H39N7O3/c1-4-39-26-9-6-20(42-19-27(40)33-10-5-11-38-14-12-36(2)13-15-38)16-22(26)29-23-17-34-32(41)30(23)28-21(31(29)39)7-8-25-24(28)18-37(3)35-25/h6,9,16,18H,4-5,7-8,10-15,17,19H2,1-3H3,(H,33,40)(H,34,41). The van der Waals surface area contributed by atoms with Gasteiger partial charge in [0.15, 0.2) is 6.61 Å². The molecule has 2 aliphatic heterocycles. The van der Waals surface area contributed by atoms with Gasteiger partial charge in [-0.05, 0) is 69.1 Å². The molecule has 0 radical (unpaired) electrons. The number of nitrogens with zero attached hydrogens (tertiary/aromatic N) is 5. The van der Waals surface area contributed by atoms with E-state index >= 15 is 0 Å². The summed E-state index contributed by atoms with van der Waals surface area (Å²) in [5, 5.41) is 13.0. The summed E-state index contributed by atoms with van der Waals surface area (Å²) in [7, 11) is 4.10. The fourth-order valence-corrected chi connectivity index (χ4v) is 7.11. The zero-order chi connectivity index (χ0) is 29.0. The Balaban J connectivity index is 1.15. The first-order valence-electron chi connectivity index (χ1n) is 15.2. The number of nitrogens with one attached hydrogen (secondary N) is 2. The van der Waals surface area contributed by atoms with E-state index < -0.39 is 0 Å². The van der Waals surface area contributed by atoms with Crippen LogP contribution < -0.4 is 15.4 Å². The quantitative estimate of drug-likeness (QED) is 0.317. The van der Waals surface area contributed by atoms with E-state index in [9.17, 15) is 9.59 Å². The molecule has 0 spiro atoms. The van der Waals surface area contributed by atoms with Crippen molar-refractivity contribution in [2.45, 2.75) is 39.3 Å². The number of carbonyl (C=O) groups excluding carboxylic acids is 2. The fourth-order valence-electron chi connectivity index (χ4n) is 7.11. The van der Waals surface area contributed by atoms with Gasteiger partial charge in [0.05, 0.1) is 16.8 Å². The zero-order valence-corrected chi connectivity index (χ0v) is 24.8. The lowest BCUT2D eigenvalue weighted by molar-refractivity contribution is -0.123. The highest BCUT2D eigenvalue weighted by Crippen LogP contribution is 2.47. The molecule has 10 nitrogen and oxygen atoms in total. The van der Waals surface area contributed by atoms with Crippen LogP contribution >= 0.6 is 0 Å². The third-order valence-corrected chi connectivity index (χ3v) is 9.17. The molecule has 1 fully saturated rings. The minimum atomic E-state index is -0.110. The van der Waals surface area contributed by atoms with Gasteiger partial charge in [0.25, 0.3) is 11.8 Å². The molecule has 3 aliphatic rings. The molecule has 42 heavy (non-hydrogen) atoms. The summed E-state index contributed by atoms with van der Waals surface area (Å²) in [4.78, 5) is 30.6. The van der Waals surface area contributed by atoms with E-state index in [4.69, 9.17) is 4.74 Å². The molecule has 1 saturated heterocycles. The van der Waals surface area contributed by atoms with Crippen molar-refractivity contribution in [3.63, 3.8) is 0 Å². The van der Waals surface area contributed by atoms with E-state index in [1.807, 2.05) is 30.1 Å². The molecule has 4 heterocycles. The number of carbonyl (C=O) groups is 2. The lowest BCUT2D eigenvalue weighted by atomic mass is 9.82. The Morgan fingerprint density at radius 2 is 1.93 bits per heavy atom. The Bertz CT molecular complexity index is 1710. The molecule has 2 N–H and O–H groups in total. The molecule has 10 heteroatoms. The Kier molecular flexibility index (Phi) is 6.90. The SMILES string of the molecule is CCn1c2ccc(OCC(=O)NCCCN3CCN(C)CC3)cc2c2c3c(c4c(c21)CCc1nn(C)cc1-4)C(=O)NC3. The summed E-state index contributed by atoms with van der Waals surface area (Å²) in [5.41, 5.74) is 8.52. The van der Waals surface area contributed by atoms with Gasteiger partial charge < -0.3 is 29.7 Å². The Morgan fingerprint density at radius 3 is 2.74 bits per heavy atom. The maximum absolute atomic E-state index is 13.2. The van der Waals surface area contributed by atoms with Crippen LogP contribution in [0, 0.1) is 0 Å². The molecular formula is C32H39N7O3. The van der Waals surface area contributed by atoms with Crippen LogP contribution in [0.15, 0.2) is 24.4 Å². The number of fused-ring (bicyclic) bond motifs is 10. The van der Waals surface area contributed by atoms with E-state index in [1.54, 1.807) is 0 Å². The van der Waals surface area contributed by atoms with Gasteiger partial charge in [0, 0.05) is 86.5 Å². The fraction of sp³-hybridized carbons (Fsp3) is 0.469. The van der Waals surface area contributed by atoms with Crippen LogP contribution in [0.1, 0.15) is 40.5 Å². The van der Waals surface area contributed by atoms with Gasteiger partial charge in [-0.2, -0.15) is 5.10 Å². The number of aromatic nitrogens is 3. The van der Waals surface area contributed by atoms with Crippen LogP contribution in [-0.4, -0.2) is 88.9 Å². The summed E-state index contributed by atoms with van der Waals surface area (Å²) in [6, 6.07) is 6.07. The smallest absolute Gasteiger partial charge is 0.257 e. The molecule has 7 rings (SSSR count). The summed E-state index contributed by atoms with van der Waals surface area (Å²) in [5.74, 6) is 0.527. The highest BCUT2D eigenvalue weighted by atomic mass is 16.5. The average Bonchev–Trinajstić information content (AvgIpc) is 3.66. The maximum Gasteiger partial charge on any atom is 0.257 e. The van der Waals surface area contributed by atoms with E-state index in [-0.39, 0.29) is 18.4 Å². The summed E-state index contributed by atoms with van der Waals surface area (Å²) < 4.78 is 10.2. The number of amides is 2. The first kappa shape index (κ1) is 27.0. The summed E-state index contributed by atoms with van der Waals surface area (Å²) in [6.45, 7) is 9.48. The number of piperazine rings is 1. The Labute approximate surface area is 245 Å². The summed E-state index contributed by atoms with van der Waals surface area (Å²) in [6.07, 6.45) is 4.67. The van der Waals surface area contributed by atoms with Crippen LogP contribution in [0.5, 0.6) is 5.75 Å². The van der Waals surface area contributed by atoms with Crippen LogP contribution in [0.25, 0.3) is 32.9 Å². The van der Waals surface area contributed by atoms with Gasteiger partial charge in [0.2, 0.25) is 0 Å². The van der Waals surface area contributed by atoms with Gasteiger partial charge in [0.1, 0.15) is 5.75 Å². The molecule has 0 unspecified atom stereocenters. The predicted molar refractivity (Wildman–Crippen MR) is 163 cm³/mol. The second-order valence-corrected chi connectivity index (χ2v) is 11.8. The van der Waals surface area contributed by atoms with E-state index in [1.165, 1.54) is 11.1 Å². The molecule has 0 saturated carbocycles. The molecule has 2 amide bonds. The van der Waals surface area contributed by atoms with Gasteiger partial charge >= 0.3 is 0 Å². The van der Waals surface area contributed by atoms with E-state index in [0.717, 1.165) is 103 Å². The number of rotatable bonds is 8. The number of aryl methyl sites for hydroxylation is 4. The second kappa shape index (κ2) is 10.7. The lowest BCUT2D eigenvalue weighted by Crippen LogP contribution is -2.45. The maximum atomic E-state index is 13.2. The molecule has 4 aromatic rings. The number of ether oxygens (including phenoxy) is 1. The zero-order valence-electron chi connectivity index (χ0n) is 24.8. The van der Waals surface area contributed by atoms with Crippen LogP contribution in [-0.2, 0) is 37.8 Å². The van der Waals surface area contributed by atoms with Crippen molar-refractivity contribution in [1.29, 1.82) is 0 Å². The Hall–Kier alpha value is -3.89. The highest BCUT2D eigenvalue weighted by molar-refractivity contribution is 6.19. The highest BCUT2D eigenvalue weighted by Gasteiger charge is 2.35. The molecule has 220 valence electrons. The van der Waals surface area contributed by atoms with Gasteiger partial charge in [-0.1, -0.05) is 0 Å². The molecule has 1 aliphatic carbocycles. The normalized spacial score (nSPS) is 16.9. The van der Waals surface area contributed by atoms with Crippen molar-refractivity contribution >= 4 is 33.6 Å². The minimum Gasteiger partial charge on any atom is -0.484 e. The topological polar surface area (TPSA) is 96.7 Å². The monoisotopic (exact) mass is 569 g/mol. The summed E-state index contributed by atoms with van der Waals surface area (Å²) >= 11 is 0. The second-order valence-electron chi connectivity index (χ2n) is 11.8. The largest absolute Gasteiger partial charge is 0.484 e. The minimum absolute atomic E-state index is 0.0195. The molecule has 2 aromatic heterocycles. The van der Waals surface area contributed by atoms with Crippen molar-refractivity contribution in [2.75, 3.05) is 52.9 Å². The molecule has 0 bridgehead atoms. The number of likely N-dealkylation sites (N-methyl/N-ethyl adjacent to an activating group) is 1. The van der Waals surface area contributed by atoms with Gasteiger partial charge in [-0.25, -0.2) is 0 Å². The molecular weight excluding hydrogens is 530 g/mol. The van der Waals surface area contributed by atoms with Crippen LogP contribution in [0.3, 0.4) is 0 Å². The van der Waals surface area contributed by atoms with Crippen LogP contribution in [0.2, 0.25) is 0 Å². The first-order valence-corrected chi connectivity index (χ1v) is 15.2. The number of hydrogen-bond acceptors (Lipinski definition) is 6. The predicted octanol–water partition coefficient (Wildman–Crippen LogP) is 2.69. The van der Waals surface area contributed by atoms with Crippen LogP contribution in [0.4, 0.5) is 0 Å². The van der Waals surface area contributed by atoms with Crippen molar-refractivity contribution in [3.05, 3.63) is 46.8 Å². The Morgan fingerprint density at radius 1 is 1.10 bits per heavy atom. The number of benzene rings is 2. The van der Waals surface area contributed by atoms with Crippen molar-refractivity contribution in [3.8, 4) is 16.9 Å². The molecule has 2 aromatic carbocycles. The van der Waals surface area contributed by atoms with Crippen molar-refractivity contribution in [1.82, 2.24) is 34.8 Å². The lowest BCUT2D eigenvalue weighted by Gasteiger charge is -2.32. The third-order valence-electron chi connectivity index (χ3n) is 9.17. The average molecular weight is 570 g/mol. The third kappa shape index (κ3) is 4.53. The van der Waals surface area contributed by atoms with Crippen molar-refractivity contribution in [2.24, 2.45) is 7.05 Å². The van der Waals surface area contributed by atoms with Gasteiger partial charge in [-0.15, -0.1) is 0 Å². The van der Waals surface area contributed by atoms with E-state index in [2.05, 4.69) is 50.1 Å².